The highest BCUT2D eigenvalue weighted by molar-refractivity contribution is 5.91. The van der Waals surface area contributed by atoms with Crippen molar-refractivity contribution in [3.63, 3.8) is 0 Å². The van der Waals surface area contributed by atoms with Crippen molar-refractivity contribution in [3.05, 3.63) is 114 Å². The number of amides is 4. The molecule has 0 bridgehead atoms. The molecule has 0 spiro atoms. The van der Waals surface area contributed by atoms with Crippen LogP contribution in [0.25, 0.3) is 0 Å². The van der Waals surface area contributed by atoms with Gasteiger partial charge in [-0.15, -0.1) is 6.58 Å². The van der Waals surface area contributed by atoms with Crippen LogP contribution in [0, 0.1) is 17.5 Å². The van der Waals surface area contributed by atoms with Crippen LogP contribution in [0.4, 0.5) is 18.0 Å². The number of carbonyl (C=O) groups is 3. The molecular formula is C31H30F3N5O4. The Bertz CT molecular complexity index is 1520. The third kappa shape index (κ3) is 6.49. The largest absolute Gasteiger partial charge is 0.508 e. The molecule has 9 nitrogen and oxygen atoms in total. The molecule has 0 saturated carbocycles. The number of carbonyl (C=O) groups excluding carboxylic acids is 3. The number of phenols is 1. The average molecular weight is 594 g/mol. The Morgan fingerprint density at radius 2 is 1.65 bits per heavy atom. The van der Waals surface area contributed by atoms with E-state index in [2.05, 4.69) is 11.9 Å². The summed E-state index contributed by atoms with van der Waals surface area (Å²) < 4.78 is 41.7. The van der Waals surface area contributed by atoms with Crippen LogP contribution in [0.15, 0.2) is 79.4 Å². The molecule has 3 aromatic rings. The standard InChI is InChI=1S/C31H30F3N5O4/c1-2-13-37-19-29(41)38-27(14-20-5-11-25(40)12-6-20)30(42)36(17-22-7-10-24(33)15-26(22)34)18-28(38)39(37)31(43)35-16-21-3-8-23(32)9-4-21/h2-12,15,27-28,40H,1,13-14,16-19H2,(H,35,43)/t27-,28-/m0/s1. The van der Waals surface area contributed by atoms with Gasteiger partial charge in [-0.2, -0.15) is 0 Å². The number of piperazine rings is 1. The van der Waals surface area contributed by atoms with Gasteiger partial charge in [0.2, 0.25) is 11.8 Å². The summed E-state index contributed by atoms with van der Waals surface area (Å²) in [6.07, 6.45) is 0.630. The summed E-state index contributed by atoms with van der Waals surface area (Å²) in [5.41, 5.74) is 1.37. The number of fused-ring (bicyclic) bond motifs is 1. The van der Waals surface area contributed by atoms with Crippen LogP contribution in [-0.4, -0.2) is 74.6 Å². The zero-order valence-electron chi connectivity index (χ0n) is 23.1. The van der Waals surface area contributed by atoms with Gasteiger partial charge >= 0.3 is 6.03 Å². The fourth-order valence-corrected chi connectivity index (χ4v) is 5.42. The van der Waals surface area contributed by atoms with Crippen LogP contribution >= 0.6 is 0 Å². The number of halogens is 3. The van der Waals surface area contributed by atoms with E-state index in [1.165, 1.54) is 68.4 Å². The van der Waals surface area contributed by atoms with E-state index in [1.807, 2.05) is 0 Å². The minimum Gasteiger partial charge on any atom is -0.508 e. The van der Waals surface area contributed by atoms with E-state index in [-0.39, 0.29) is 56.4 Å². The Hall–Kier alpha value is -4.84. The number of nitrogens with zero attached hydrogens (tertiary/aromatic N) is 4. The second-order valence-corrected chi connectivity index (χ2v) is 10.4. The van der Waals surface area contributed by atoms with Crippen LogP contribution in [0.1, 0.15) is 16.7 Å². The Labute approximate surface area is 246 Å². The van der Waals surface area contributed by atoms with Crippen molar-refractivity contribution >= 4 is 17.8 Å². The molecule has 4 amide bonds. The number of nitrogens with one attached hydrogen (secondary N) is 1. The molecule has 2 N–H and O–H groups in total. The number of hydrogen-bond donors (Lipinski definition) is 2. The fourth-order valence-electron chi connectivity index (χ4n) is 5.42. The van der Waals surface area contributed by atoms with E-state index >= 15 is 0 Å². The summed E-state index contributed by atoms with van der Waals surface area (Å²) in [6.45, 7) is 3.37. The van der Waals surface area contributed by atoms with Gasteiger partial charge in [-0.3, -0.25) is 9.59 Å². The SMILES string of the molecule is C=CCN1CC(=O)N2[C@@H](Cc3ccc(O)cc3)C(=O)N(Cc3ccc(F)cc3F)C[C@@H]2N1C(=O)NCc1ccc(F)cc1. The zero-order valence-corrected chi connectivity index (χ0v) is 23.1. The highest BCUT2D eigenvalue weighted by Gasteiger charge is 2.51. The van der Waals surface area contributed by atoms with Crippen LogP contribution in [-0.2, 0) is 29.1 Å². The second kappa shape index (κ2) is 12.6. The first kappa shape index (κ1) is 29.6. The highest BCUT2D eigenvalue weighted by Crippen LogP contribution is 2.30. The van der Waals surface area contributed by atoms with Crippen LogP contribution in [0.3, 0.4) is 0 Å². The van der Waals surface area contributed by atoms with Gasteiger partial charge in [0.1, 0.15) is 35.4 Å². The molecule has 2 heterocycles. The summed E-state index contributed by atoms with van der Waals surface area (Å²) in [4.78, 5) is 44.0. The molecule has 0 aromatic heterocycles. The molecule has 224 valence electrons. The van der Waals surface area contributed by atoms with Crippen LogP contribution < -0.4 is 5.32 Å². The number of benzene rings is 3. The van der Waals surface area contributed by atoms with Gasteiger partial charge < -0.3 is 20.2 Å². The van der Waals surface area contributed by atoms with Gasteiger partial charge in [-0.25, -0.2) is 28.0 Å². The molecule has 0 aliphatic carbocycles. The van der Waals surface area contributed by atoms with E-state index < -0.39 is 41.6 Å². The number of urea groups is 1. The molecule has 3 aromatic carbocycles. The van der Waals surface area contributed by atoms with Gasteiger partial charge in [0.25, 0.3) is 0 Å². The summed E-state index contributed by atoms with van der Waals surface area (Å²) in [6, 6.07) is 13.3. The van der Waals surface area contributed by atoms with Crippen molar-refractivity contribution in [2.45, 2.75) is 31.7 Å². The summed E-state index contributed by atoms with van der Waals surface area (Å²) in [5, 5.41) is 15.4. The first-order chi connectivity index (χ1) is 20.6. The van der Waals surface area contributed by atoms with Crippen LogP contribution in [0.2, 0.25) is 0 Å². The molecule has 2 fully saturated rings. The maximum Gasteiger partial charge on any atom is 0.334 e. The average Bonchev–Trinajstić information content (AvgIpc) is 2.97. The Kier molecular flexibility index (Phi) is 8.67. The van der Waals surface area contributed by atoms with E-state index in [0.717, 1.165) is 12.1 Å². The van der Waals surface area contributed by atoms with Crippen LogP contribution in [0.5, 0.6) is 5.75 Å². The molecule has 2 saturated heterocycles. The predicted molar refractivity (Wildman–Crippen MR) is 150 cm³/mol. The minimum absolute atomic E-state index is 0.0307. The maximum atomic E-state index is 14.7. The van der Waals surface area contributed by atoms with Gasteiger partial charge in [0.15, 0.2) is 0 Å². The van der Waals surface area contributed by atoms with E-state index in [0.29, 0.717) is 11.1 Å². The van der Waals surface area contributed by atoms with Crippen molar-refractivity contribution in [1.82, 2.24) is 25.1 Å². The third-order valence-corrected chi connectivity index (χ3v) is 7.48. The number of hydrogen-bond acceptors (Lipinski definition) is 5. The molecule has 5 rings (SSSR count). The van der Waals surface area contributed by atoms with Gasteiger partial charge in [0, 0.05) is 37.7 Å². The Morgan fingerprint density at radius 3 is 2.33 bits per heavy atom. The molecule has 2 atom stereocenters. The first-order valence-electron chi connectivity index (χ1n) is 13.6. The summed E-state index contributed by atoms with van der Waals surface area (Å²) >= 11 is 0. The van der Waals surface area contributed by atoms with Gasteiger partial charge in [-0.1, -0.05) is 36.4 Å². The number of hydrazine groups is 1. The quantitative estimate of drug-likeness (QED) is 0.390. The van der Waals surface area contributed by atoms with Crippen molar-refractivity contribution in [3.8, 4) is 5.75 Å². The van der Waals surface area contributed by atoms with Crippen molar-refractivity contribution in [2.75, 3.05) is 19.6 Å². The third-order valence-electron chi connectivity index (χ3n) is 7.48. The zero-order chi connectivity index (χ0) is 30.7. The lowest BCUT2D eigenvalue weighted by molar-refractivity contribution is -0.189. The van der Waals surface area contributed by atoms with E-state index in [9.17, 15) is 32.7 Å². The summed E-state index contributed by atoms with van der Waals surface area (Å²) in [7, 11) is 0. The maximum absolute atomic E-state index is 14.7. The first-order valence-corrected chi connectivity index (χ1v) is 13.6. The molecule has 0 unspecified atom stereocenters. The Balaban J connectivity index is 1.49. The molecule has 0 radical (unpaired) electrons. The smallest absolute Gasteiger partial charge is 0.334 e. The van der Waals surface area contributed by atoms with Crippen molar-refractivity contribution < 1.29 is 32.7 Å². The molecule has 12 heteroatoms. The summed E-state index contributed by atoms with van der Waals surface area (Å²) in [5.74, 6) is -2.83. The lowest BCUT2D eigenvalue weighted by atomic mass is 9.98. The number of rotatable bonds is 8. The minimum atomic E-state index is -1.06. The Morgan fingerprint density at radius 1 is 0.977 bits per heavy atom. The van der Waals surface area contributed by atoms with Crippen molar-refractivity contribution in [1.29, 1.82) is 0 Å². The normalized spacial score (nSPS) is 18.9. The molecule has 2 aliphatic rings. The molecule has 2 aliphatic heterocycles. The highest BCUT2D eigenvalue weighted by atomic mass is 19.1. The van der Waals surface area contributed by atoms with Gasteiger partial charge in [0.05, 0.1) is 13.1 Å². The molecular weight excluding hydrogens is 563 g/mol. The van der Waals surface area contributed by atoms with Crippen molar-refractivity contribution in [2.24, 2.45) is 0 Å². The lowest BCUT2D eigenvalue weighted by Crippen LogP contribution is -2.76. The number of aromatic hydroxyl groups is 1. The fraction of sp³-hybridized carbons (Fsp3) is 0.258. The number of phenolic OH excluding ortho intramolecular Hbond substituents is 1. The van der Waals surface area contributed by atoms with Gasteiger partial charge in [-0.05, 0) is 41.5 Å². The topological polar surface area (TPSA) is 96.4 Å². The lowest BCUT2D eigenvalue weighted by Gasteiger charge is -2.55. The van der Waals surface area contributed by atoms with E-state index in [4.69, 9.17) is 0 Å². The second-order valence-electron chi connectivity index (χ2n) is 10.4. The van der Waals surface area contributed by atoms with E-state index in [1.54, 1.807) is 12.1 Å². The predicted octanol–water partition coefficient (Wildman–Crippen LogP) is 3.55. The molecule has 43 heavy (non-hydrogen) atoms. The monoisotopic (exact) mass is 593 g/mol.